The standard InChI is InChI=1S/C38H53FN6O2/c1-8-44(25(4)5)38(47)33-18-31(39)9-10-34(33)45-23-30(36-26(6)19-40-20-35(36)45)15-28-21-43(22-28)37(24(2)3)29-16-32(17-29)42-13-11-41(12-14-42)27(7)46/h9-10,18-20,23-25,28-29,32,37H,8,11-17,21-22H2,1-7H3/t29-,32+,37?. The average Bonchev–Trinajstić information content (AvgIpc) is 3.36. The summed E-state index contributed by atoms with van der Waals surface area (Å²) < 4.78 is 16.6. The maximum absolute atomic E-state index is 14.6. The van der Waals surface area contributed by atoms with Crippen molar-refractivity contribution in [1.82, 2.24) is 29.2 Å². The van der Waals surface area contributed by atoms with Crippen LogP contribution in [0.15, 0.2) is 36.8 Å². The van der Waals surface area contributed by atoms with E-state index in [1.165, 1.54) is 35.9 Å². The molecule has 0 spiro atoms. The second-order valence-corrected chi connectivity index (χ2v) is 14.9. The molecule has 0 bridgehead atoms. The van der Waals surface area contributed by atoms with Gasteiger partial charge in [0, 0.05) is 88.6 Å². The van der Waals surface area contributed by atoms with Crippen molar-refractivity contribution in [1.29, 1.82) is 0 Å². The van der Waals surface area contributed by atoms with Gasteiger partial charge in [-0.2, -0.15) is 0 Å². The summed E-state index contributed by atoms with van der Waals surface area (Å²) in [4.78, 5) is 39.1. The van der Waals surface area contributed by atoms with Crippen LogP contribution >= 0.6 is 0 Å². The predicted octanol–water partition coefficient (Wildman–Crippen LogP) is 5.79. The fraction of sp³-hybridized carbons (Fsp3) is 0.605. The molecule has 2 amide bonds. The predicted molar refractivity (Wildman–Crippen MR) is 185 cm³/mol. The number of aromatic nitrogens is 2. The summed E-state index contributed by atoms with van der Waals surface area (Å²) in [7, 11) is 0. The van der Waals surface area contributed by atoms with Crippen LogP contribution in [-0.2, 0) is 11.2 Å². The first kappa shape index (κ1) is 33.6. The number of piperazine rings is 1. The van der Waals surface area contributed by atoms with E-state index < -0.39 is 5.82 Å². The Bertz CT molecular complexity index is 1600. The van der Waals surface area contributed by atoms with E-state index in [0.29, 0.717) is 41.7 Å². The Balaban J connectivity index is 1.16. The number of amides is 2. The van der Waals surface area contributed by atoms with Gasteiger partial charge in [-0.15, -0.1) is 0 Å². The molecule has 1 unspecified atom stereocenters. The molecule has 6 rings (SSSR count). The molecular formula is C38H53FN6O2. The van der Waals surface area contributed by atoms with Crippen molar-refractivity contribution in [2.45, 2.75) is 85.9 Å². The number of carbonyl (C=O) groups excluding carboxylic acids is 2. The van der Waals surface area contributed by atoms with Crippen LogP contribution < -0.4 is 0 Å². The van der Waals surface area contributed by atoms with E-state index in [4.69, 9.17) is 0 Å². The summed E-state index contributed by atoms with van der Waals surface area (Å²) in [5.74, 6) is 1.52. The van der Waals surface area contributed by atoms with Crippen molar-refractivity contribution in [3.63, 3.8) is 0 Å². The SMILES string of the molecule is CCN(C(=O)c1cc(F)ccc1-n1cc(CC2CN(C(C(C)C)[C@H]3C[C@@H](N4CCN(C(C)=O)CC4)C3)C2)c2c(C)cncc21)C(C)C. The third-order valence-corrected chi connectivity index (χ3v) is 11.2. The zero-order valence-corrected chi connectivity index (χ0v) is 29.4. The molecule has 8 nitrogen and oxygen atoms in total. The highest BCUT2D eigenvalue weighted by molar-refractivity contribution is 5.99. The molecule has 4 heterocycles. The molecule has 47 heavy (non-hydrogen) atoms. The Morgan fingerprint density at radius 3 is 2.36 bits per heavy atom. The van der Waals surface area contributed by atoms with Gasteiger partial charge in [-0.25, -0.2) is 4.39 Å². The smallest absolute Gasteiger partial charge is 0.256 e. The molecule has 254 valence electrons. The third-order valence-electron chi connectivity index (χ3n) is 11.2. The summed E-state index contributed by atoms with van der Waals surface area (Å²) in [6.07, 6.45) is 9.43. The van der Waals surface area contributed by atoms with E-state index in [2.05, 4.69) is 46.3 Å². The van der Waals surface area contributed by atoms with Crippen molar-refractivity contribution in [2.24, 2.45) is 17.8 Å². The maximum Gasteiger partial charge on any atom is 0.256 e. The van der Waals surface area contributed by atoms with Crippen LogP contribution in [0.5, 0.6) is 0 Å². The number of aryl methyl sites for hydroxylation is 1. The quantitative estimate of drug-likeness (QED) is 0.280. The summed E-state index contributed by atoms with van der Waals surface area (Å²) in [6, 6.07) is 5.82. The van der Waals surface area contributed by atoms with Gasteiger partial charge in [0.2, 0.25) is 5.91 Å². The van der Waals surface area contributed by atoms with Crippen LogP contribution in [-0.4, -0.2) is 105 Å². The van der Waals surface area contributed by atoms with E-state index in [-0.39, 0.29) is 17.9 Å². The Labute approximate surface area is 279 Å². The Morgan fingerprint density at radius 2 is 1.74 bits per heavy atom. The first-order chi connectivity index (χ1) is 22.5. The van der Waals surface area contributed by atoms with Crippen molar-refractivity contribution in [2.75, 3.05) is 45.8 Å². The lowest BCUT2D eigenvalue weighted by Gasteiger charge is -2.55. The van der Waals surface area contributed by atoms with E-state index in [0.717, 1.165) is 62.7 Å². The summed E-state index contributed by atoms with van der Waals surface area (Å²) >= 11 is 0. The number of halogens is 1. The maximum atomic E-state index is 14.6. The average molecular weight is 645 g/mol. The number of nitrogens with zero attached hydrogens (tertiary/aromatic N) is 6. The van der Waals surface area contributed by atoms with Crippen LogP contribution in [0.25, 0.3) is 16.6 Å². The Kier molecular flexibility index (Phi) is 9.77. The van der Waals surface area contributed by atoms with Crippen LogP contribution in [0.4, 0.5) is 4.39 Å². The number of hydrogen-bond acceptors (Lipinski definition) is 5. The zero-order chi connectivity index (χ0) is 33.6. The molecular weight excluding hydrogens is 591 g/mol. The molecule has 1 aliphatic carbocycles. The Hall–Kier alpha value is -3.30. The summed E-state index contributed by atoms with van der Waals surface area (Å²) in [6.45, 7) is 20.9. The fourth-order valence-electron chi connectivity index (χ4n) is 8.75. The summed E-state index contributed by atoms with van der Waals surface area (Å²) in [5, 5.41) is 1.18. The summed E-state index contributed by atoms with van der Waals surface area (Å²) in [5.41, 5.74) is 4.40. The number of fused-ring (bicyclic) bond motifs is 1. The monoisotopic (exact) mass is 644 g/mol. The van der Waals surface area contributed by atoms with Gasteiger partial charge >= 0.3 is 0 Å². The van der Waals surface area contributed by atoms with Crippen molar-refractivity contribution >= 4 is 22.7 Å². The van der Waals surface area contributed by atoms with Crippen LogP contribution in [0, 0.1) is 30.5 Å². The lowest BCUT2D eigenvalue weighted by Crippen LogP contribution is -2.62. The molecule has 1 atom stereocenters. The van der Waals surface area contributed by atoms with E-state index >= 15 is 0 Å². The topological polar surface area (TPSA) is 64.9 Å². The van der Waals surface area contributed by atoms with E-state index in [1.807, 2.05) is 38.1 Å². The van der Waals surface area contributed by atoms with Gasteiger partial charge in [0.15, 0.2) is 0 Å². The van der Waals surface area contributed by atoms with Crippen LogP contribution in [0.2, 0.25) is 0 Å². The molecule has 9 heteroatoms. The molecule has 3 aromatic rings. The highest BCUT2D eigenvalue weighted by Crippen LogP contribution is 2.42. The molecule has 0 N–H and O–H groups in total. The lowest BCUT2D eigenvalue weighted by atomic mass is 9.69. The van der Waals surface area contributed by atoms with E-state index in [1.54, 1.807) is 17.9 Å². The van der Waals surface area contributed by atoms with Crippen molar-refractivity contribution < 1.29 is 14.0 Å². The molecule has 2 aromatic heterocycles. The van der Waals surface area contributed by atoms with Gasteiger partial charge in [-0.3, -0.25) is 24.4 Å². The number of likely N-dealkylation sites (tertiary alicyclic amines) is 1. The zero-order valence-electron chi connectivity index (χ0n) is 29.4. The van der Waals surface area contributed by atoms with Gasteiger partial charge in [-0.05, 0) is 94.0 Å². The molecule has 1 aromatic carbocycles. The second kappa shape index (κ2) is 13.7. The fourth-order valence-corrected chi connectivity index (χ4v) is 8.75. The number of benzene rings is 1. The minimum absolute atomic E-state index is 0.00927. The number of rotatable bonds is 10. The molecule has 2 saturated heterocycles. The van der Waals surface area contributed by atoms with Crippen LogP contribution in [0.3, 0.4) is 0 Å². The van der Waals surface area contributed by atoms with Gasteiger partial charge in [0.05, 0.1) is 23.0 Å². The first-order valence-corrected chi connectivity index (χ1v) is 17.8. The Morgan fingerprint density at radius 1 is 1.04 bits per heavy atom. The van der Waals surface area contributed by atoms with Gasteiger partial charge in [-0.1, -0.05) is 13.8 Å². The van der Waals surface area contributed by atoms with Gasteiger partial charge in [0.25, 0.3) is 5.91 Å². The highest BCUT2D eigenvalue weighted by Gasteiger charge is 2.45. The second-order valence-electron chi connectivity index (χ2n) is 14.9. The minimum atomic E-state index is -0.412. The van der Waals surface area contributed by atoms with E-state index in [9.17, 15) is 14.0 Å². The van der Waals surface area contributed by atoms with Gasteiger partial charge in [0.1, 0.15) is 5.82 Å². The molecule has 3 fully saturated rings. The number of pyridine rings is 1. The lowest BCUT2D eigenvalue weighted by molar-refractivity contribution is -0.131. The first-order valence-electron chi connectivity index (χ1n) is 17.8. The largest absolute Gasteiger partial charge is 0.340 e. The minimum Gasteiger partial charge on any atom is -0.340 e. The van der Waals surface area contributed by atoms with Crippen LogP contribution in [0.1, 0.15) is 75.9 Å². The number of hydrogen-bond donors (Lipinski definition) is 0. The van der Waals surface area contributed by atoms with Gasteiger partial charge < -0.3 is 14.4 Å². The molecule has 2 aliphatic heterocycles. The third kappa shape index (κ3) is 6.58. The molecule has 3 aliphatic rings. The normalized spacial score (nSPS) is 21.7. The molecule has 0 radical (unpaired) electrons. The molecule has 1 saturated carbocycles. The van der Waals surface area contributed by atoms with Crippen molar-refractivity contribution in [3.8, 4) is 5.69 Å². The highest BCUT2D eigenvalue weighted by atomic mass is 19.1. The number of carbonyl (C=O) groups is 2. The van der Waals surface area contributed by atoms with Crippen molar-refractivity contribution in [3.05, 3.63) is 59.3 Å².